The van der Waals surface area contributed by atoms with E-state index in [4.69, 9.17) is 4.74 Å². The third-order valence-electron chi connectivity index (χ3n) is 4.41. The second kappa shape index (κ2) is 8.72. The van der Waals surface area contributed by atoms with Crippen molar-refractivity contribution in [2.45, 2.75) is 77.1 Å². The van der Waals surface area contributed by atoms with Gasteiger partial charge in [-0.15, -0.1) is 0 Å². The van der Waals surface area contributed by atoms with Gasteiger partial charge in [0.2, 0.25) is 0 Å². The van der Waals surface area contributed by atoms with E-state index in [1.54, 1.807) is 7.11 Å². The SMILES string of the molecule is CO[C@H]1/C=C/CCCCC(C)(O)CC/C(C)=C\[C@@H](C)[C@@H]1O. The Morgan fingerprint density at radius 3 is 2.67 bits per heavy atom. The van der Waals surface area contributed by atoms with E-state index in [1.807, 2.05) is 19.9 Å². The minimum Gasteiger partial charge on any atom is -0.390 e. The summed E-state index contributed by atoms with van der Waals surface area (Å²) in [7, 11) is 1.64. The number of rotatable bonds is 1. The van der Waals surface area contributed by atoms with E-state index in [2.05, 4.69) is 19.1 Å². The van der Waals surface area contributed by atoms with Crippen LogP contribution in [0.3, 0.4) is 0 Å². The van der Waals surface area contributed by atoms with Gasteiger partial charge in [-0.25, -0.2) is 0 Å². The third kappa shape index (κ3) is 6.77. The fourth-order valence-corrected chi connectivity index (χ4v) is 2.85. The number of ether oxygens (including phenoxy) is 1. The van der Waals surface area contributed by atoms with Gasteiger partial charge in [-0.3, -0.25) is 0 Å². The number of methoxy groups -OCH3 is 1. The molecule has 0 aromatic heterocycles. The number of aliphatic hydroxyl groups excluding tert-OH is 1. The summed E-state index contributed by atoms with van der Waals surface area (Å²) < 4.78 is 5.40. The standard InChI is InChI=1S/C18H32O3/c1-14-10-12-18(3,20)11-8-6-5-7-9-16(21-4)17(19)15(2)13-14/h7,9,13,15-17,19-20H,5-6,8,10-12H2,1-4H3/b9-7+,14-13-/t15-,16+,17+,18?/m1/s1. The zero-order valence-corrected chi connectivity index (χ0v) is 14.0. The van der Waals surface area contributed by atoms with Crippen molar-refractivity contribution >= 4 is 0 Å². The van der Waals surface area contributed by atoms with Crippen LogP contribution in [-0.2, 0) is 4.74 Å². The molecule has 1 aliphatic rings. The van der Waals surface area contributed by atoms with Gasteiger partial charge < -0.3 is 14.9 Å². The van der Waals surface area contributed by atoms with Crippen LogP contribution in [0.25, 0.3) is 0 Å². The van der Waals surface area contributed by atoms with Crippen LogP contribution in [0.15, 0.2) is 23.8 Å². The molecule has 1 aliphatic carbocycles. The second-order valence-corrected chi connectivity index (χ2v) is 6.73. The topological polar surface area (TPSA) is 49.7 Å². The zero-order chi connectivity index (χ0) is 15.9. The highest BCUT2D eigenvalue weighted by Crippen LogP contribution is 2.24. The Bertz CT molecular complexity index is 357. The van der Waals surface area contributed by atoms with E-state index in [-0.39, 0.29) is 12.0 Å². The quantitative estimate of drug-likeness (QED) is 0.727. The molecule has 0 aliphatic heterocycles. The molecule has 0 amide bonds. The molecule has 3 nitrogen and oxygen atoms in total. The molecule has 0 aromatic carbocycles. The normalized spacial score (nSPS) is 40.9. The molecule has 0 spiro atoms. The maximum atomic E-state index is 10.4. The van der Waals surface area contributed by atoms with E-state index >= 15 is 0 Å². The maximum Gasteiger partial charge on any atom is 0.102 e. The second-order valence-electron chi connectivity index (χ2n) is 6.73. The molecule has 0 saturated heterocycles. The highest BCUT2D eigenvalue weighted by molar-refractivity contribution is 5.06. The van der Waals surface area contributed by atoms with Crippen molar-refractivity contribution in [2.75, 3.05) is 7.11 Å². The summed E-state index contributed by atoms with van der Waals surface area (Å²) in [5, 5.41) is 20.8. The molecular formula is C18H32O3. The lowest BCUT2D eigenvalue weighted by molar-refractivity contribution is -0.00202. The summed E-state index contributed by atoms with van der Waals surface area (Å²) in [5.74, 6) is 0.0347. The van der Waals surface area contributed by atoms with Crippen LogP contribution in [0.4, 0.5) is 0 Å². The average molecular weight is 296 g/mol. The van der Waals surface area contributed by atoms with Gasteiger partial charge in [0.1, 0.15) is 6.10 Å². The molecule has 122 valence electrons. The minimum atomic E-state index is -0.583. The smallest absolute Gasteiger partial charge is 0.102 e. The van der Waals surface area contributed by atoms with Crippen molar-refractivity contribution in [1.29, 1.82) is 0 Å². The first-order chi connectivity index (χ1) is 9.85. The molecule has 1 unspecified atom stereocenters. The molecule has 21 heavy (non-hydrogen) atoms. The van der Waals surface area contributed by atoms with E-state index in [0.29, 0.717) is 0 Å². The summed E-state index contributed by atoms with van der Waals surface area (Å²) in [5.41, 5.74) is 0.637. The predicted octanol–water partition coefficient (Wildman–Crippen LogP) is 3.61. The fraction of sp³-hybridized carbons (Fsp3) is 0.778. The lowest BCUT2D eigenvalue weighted by atomic mass is 9.89. The van der Waals surface area contributed by atoms with Crippen LogP contribution >= 0.6 is 0 Å². The molecule has 0 bridgehead atoms. The van der Waals surface area contributed by atoms with E-state index in [0.717, 1.165) is 38.5 Å². The summed E-state index contributed by atoms with van der Waals surface area (Å²) in [6.45, 7) is 6.02. The Kier molecular flexibility index (Phi) is 7.64. The Balaban J connectivity index is 2.83. The molecule has 0 heterocycles. The lowest BCUT2D eigenvalue weighted by Crippen LogP contribution is -2.31. The molecule has 3 heteroatoms. The Morgan fingerprint density at radius 2 is 2.00 bits per heavy atom. The number of hydrogen-bond acceptors (Lipinski definition) is 3. The summed E-state index contributed by atoms with van der Waals surface area (Å²) in [6, 6.07) is 0. The molecule has 0 aromatic rings. The van der Waals surface area contributed by atoms with Crippen LogP contribution in [-0.4, -0.2) is 35.1 Å². The highest BCUT2D eigenvalue weighted by atomic mass is 16.5. The molecule has 4 atom stereocenters. The van der Waals surface area contributed by atoms with Crippen LogP contribution in [0.5, 0.6) is 0 Å². The maximum absolute atomic E-state index is 10.4. The average Bonchev–Trinajstić information content (AvgIpc) is 2.43. The Hall–Kier alpha value is -0.640. The van der Waals surface area contributed by atoms with Gasteiger partial charge in [-0.1, -0.05) is 37.1 Å². The van der Waals surface area contributed by atoms with Crippen LogP contribution in [0.2, 0.25) is 0 Å². The Labute approximate surface area is 129 Å². The summed E-state index contributed by atoms with van der Waals surface area (Å²) in [6.07, 6.45) is 10.9. The number of aliphatic hydroxyl groups is 2. The first kappa shape index (κ1) is 18.4. The number of hydrogen-bond donors (Lipinski definition) is 2. The first-order valence-electron chi connectivity index (χ1n) is 8.13. The van der Waals surface area contributed by atoms with E-state index in [9.17, 15) is 10.2 Å². The van der Waals surface area contributed by atoms with Gasteiger partial charge in [0.15, 0.2) is 0 Å². The van der Waals surface area contributed by atoms with Crippen molar-refractivity contribution in [3.63, 3.8) is 0 Å². The number of allylic oxidation sites excluding steroid dienone is 2. The molecule has 1 rings (SSSR count). The van der Waals surface area contributed by atoms with Crippen molar-refractivity contribution in [3.8, 4) is 0 Å². The Morgan fingerprint density at radius 1 is 1.29 bits per heavy atom. The van der Waals surface area contributed by atoms with E-state index < -0.39 is 11.7 Å². The van der Waals surface area contributed by atoms with Gasteiger partial charge in [0.05, 0.1) is 11.7 Å². The monoisotopic (exact) mass is 296 g/mol. The summed E-state index contributed by atoms with van der Waals surface area (Å²) in [4.78, 5) is 0. The molecule has 0 saturated carbocycles. The van der Waals surface area contributed by atoms with Gasteiger partial charge in [0, 0.05) is 13.0 Å². The minimum absolute atomic E-state index is 0.0347. The van der Waals surface area contributed by atoms with Crippen LogP contribution in [0.1, 0.15) is 59.3 Å². The predicted molar refractivity (Wildman–Crippen MR) is 87.2 cm³/mol. The van der Waals surface area contributed by atoms with Gasteiger partial charge in [-0.2, -0.15) is 0 Å². The fourth-order valence-electron chi connectivity index (χ4n) is 2.85. The third-order valence-corrected chi connectivity index (χ3v) is 4.41. The molecule has 2 N–H and O–H groups in total. The van der Waals surface area contributed by atoms with Gasteiger partial charge in [0.25, 0.3) is 0 Å². The van der Waals surface area contributed by atoms with Crippen molar-refractivity contribution in [2.24, 2.45) is 5.92 Å². The van der Waals surface area contributed by atoms with Gasteiger partial charge >= 0.3 is 0 Å². The molecular weight excluding hydrogens is 264 g/mol. The molecule has 0 fully saturated rings. The van der Waals surface area contributed by atoms with Crippen molar-refractivity contribution < 1.29 is 14.9 Å². The van der Waals surface area contributed by atoms with Gasteiger partial charge in [-0.05, 0) is 46.0 Å². The van der Waals surface area contributed by atoms with E-state index in [1.165, 1.54) is 5.57 Å². The zero-order valence-electron chi connectivity index (χ0n) is 14.0. The summed E-state index contributed by atoms with van der Waals surface area (Å²) >= 11 is 0. The van der Waals surface area contributed by atoms with Crippen LogP contribution in [0, 0.1) is 5.92 Å². The lowest BCUT2D eigenvalue weighted by Gasteiger charge is -2.25. The molecule has 0 radical (unpaired) electrons. The first-order valence-corrected chi connectivity index (χ1v) is 8.13. The van der Waals surface area contributed by atoms with Crippen molar-refractivity contribution in [3.05, 3.63) is 23.8 Å². The highest BCUT2D eigenvalue weighted by Gasteiger charge is 2.23. The largest absolute Gasteiger partial charge is 0.390 e. The van der Waals surface area contributed by atoms with Crippen LogP contribution < -0.4 is 0 Å². The van der Waals surface area contributed by atoms with Crippen molar-refractivity contribution in [1.82, 2.24) is 0 Å².